The number of rotatable bonds is 1. The maximum Gasteiger partial charge on any atom is 0.333 e. The highest BCUT2D eigenvalue weighted by Crippen LogP contribution is 2.58. The van der Waals surface area contributed by atoms with Crippen molar-refractivity contribution in [2.24, 2.45) is 0 Å². The zero-order chi connectivity index (χ0) is 32.6. The Bertz CT molecular complexity index is 2590. The van der Waals surface area contributed by atoms with Gasteiger partial charge in [-0.1, -0.05) is 111 Å². The zero-order valence-corrected chi connectivity index (χ0v) is 28.3. The van der Waals surface area contributed by atoms with E-state index < -0.39 is 0 Å². The molecule has 11 rings (SSSR count). The number of ether oxygens (including phenoxy) is 1. The molecule has 0 atom stereocenters. The molecule has 0 fully saturated rings. The second-order valence-electron chi connectivity index (χ2n) is 14.2. The minimum absolute atomic E-state index is 0.0396. The minimum atomic E-state index is -0.231. The Kier molecular flexibility index (Phi) is 5.41. The van der Waals surface area contributed by atoms with Gasteiger partial charge in [-0.25, -0.2) is 0 Å². The van der Waals surface area contributed by atoms with Crippen LogP contribution in [0.4, 0.5) is 28.4 Å². The van der Waals surface area contributed by atoms with Crippen molar-refractivity contribution in [3.05, 3.63) is 150 Å². The number of aryl methyl sites for hydroxylation is 1. The van der Waals surface area contributed by atoms with Gasteiger partial charge in [-0.15, -0.1) is 0 Å². The quantitative estimate of drug-likeness (QED) is 0.165. The Labute approximate surface area is 290 Å². The number of benzene rings is 7. The summed E-state index contributed by atoms with van der Waals surface area (Å²) in [6.45, 7) is 6.87. The van der Waals surface area contributed by atoms with E-state index in [0.717, 1.165) is 11.5 Å². The first kappa shape index (κ1) is 27.6. The largest absolute Gasteiger partial charge is 0.457 e. The average Bonchev–Trinajstić information content (AvgIpc) is 3.12. The predicted molar refractivity (Wildman–Crippen MR) is 205 cm³/mol. The summed E-state index contributed by atoms with van der Waals surface area (Å²) in [5, 5.41) is 2.53. The fourth-order valence-electron chi connectivity index (χ4n) is 8.92. The third-order valence-corrected chi connectivity index (χ3v) is 12.3. The molecule has 0 aliphatic carbocycles. The second-order valence-corrected chi connectivity index (χ2v) is 15.2. The summed E-state index contributed by atoms with van der Waals surface area (Å²) >= 11 is 1.88. The zero-order valence-electron chi connectivity index (χ0n) is 27.5. The fourth-order valence-corrected chi connectivity index (χ4v) is 10.0. The molecular weight excluding hydrogens is 615 g/mol. The van der Waals surface area contributed by atoms with Gasteiger partial charge in [-0.05, 0) is 76.8 Å². The van der Waals surface area contributed by atoms with Crippen LogP contribution in [-0.4, -0.2) is 6.85 Å². The normalized spacial score (nSPS) is 15.4. The predicted octanol–water partition coefficient (Wildman–Crippen LogP) is 10.8. The summed E-state index contributed by atoms with van der Waals surface area (Å²) in [6.07, 6.45) is 0. The summed E-state index contributed by atoms with van der Waals surface area (Å²) < 4.78 is 6.79. The molecule has 4 aliphatic rings. The highest BCUT2D eigenvalue weighted by atomic mass is 32.2. The lowest BCUT2D eigenvalue weighted by Crippen LogP contribution is -2.62. The van der Waals surface area contributed by atoms with Crippen LogP contribution in [0.25, 0.3) is 21.9 Å². The van der Waals surface area contributed by atoms with Gasteiger partial charge in [-0.2, -0.15) is 0 Å². The van der Waals surface area contributed by atoms with E-state index in [-0.39, 0.29) is 12.3 Å². The highest BCUT2D eigenvalue weighted by molar-refractivity contribution is 7.99. The van der Waals surface area contributed by atoms with E-state index in [4.69, 9.17) is 4.74 Å². The molecule has 5 heteroatoms. The molecule has 7 aromatic carbocycles. The van der Waals surface area contributed by atoms with Crippen molar-refractivity contribution in [3.8, 4) is 22.6 Å². The third-order valence-electron chi connectivity index (χ3n) is 11.2. The summed E-state index contributed by atoms with van der Waals surface area (Å²) in [7, 11) is 0. The van der Waals surface area contributed by atoms with Gasteiger partial charge in [0.2, 0.25) is 0 Å². The Morgan fingerprint density at radius 3 is 2.27 bits per heavy atom. The molecule has 0 saturated carbocycles. The summed E-state index contributed by atoms with van der Waals surface area (Å²) in [4.78, 5) is 7.77. The van der Waals surface area contributed by atoms with E-state index in [1.54, 1.807) is 0 Å². The number of para-hydroxylation sites is 4. The van der Waals surface area contributed by atoms with Crippen LogP contribution in [0.5, 0.6) is 11.5 Å². The van der Waals surface area contributed by atoms with Crippen molar-refractivity contribution in [2.75, 3.05) is 9.71 Å². The van der Waals surface area contributed by atoms with E-state index in [1.807, 2.05) is 11.8 Å². The smallest absolute Gasteiger partial charge is 0.333 e. The van der Waals surface area contributed by atoms with E-state index in [1.165, 1.54) is 87.7 Å². The maximum absolute atomic E-state index is 6.79. The van der Waals surface area contributed by atoms with Crippen LogP contribution >= 0.6 is 11.8 Å². The van der Waals surface area contributed by atoms with Crippen LogP contribution in [-0.2, 0) is 5.41 Å². The topological polar surface area (TPSA) is 15.7 Å². The van der Waals surface area contributed by atoms with Crippen LogP contribution < -0.4 is 25.4 Å². The molecule has 0 N–H and O–H groups in total. The molecule has 0 bridgehead atoms. The van der Waals surface area contributed by atoms with Crippen LogP contribution in [0.2, 0.25) is 0 Å². The van der Waals surface area contributed by atoms with Gasteiger partial charge in [-0.3, -0.25) is 0 Å². The highest BCUT2D eigenvalue weighted by Gasteiger charge is 2.48. The number of anilines is 5. The lowest BCUT2D eigenvalue weighted by atomic mass is 9.43. The first-order valence-electron chi connectivity index (χ1n) is 17.1. The molecule has 0 radical (unpaired) electrons. The maximum atomic E-state index is 6.79. The van der Waals surface area contributed by atoms with Crippen molar-refractivity contribution >= 4 is 68.7 Å². The van der Waals surface area contributed by atoms with E-state index in [2.05, 4.69) is 164 Å². The first-order chi connectivity index (χ1) is 24.0. The number of nitrogens with zero attached hydrogens (tertiary/aromatic N) is 2. The monoisotopic (exact) mass is 646 g/mol. The summed E-state index contributed by atoms with van der Waals surface area (Å²) in [6, 6.07) is 49.3. The fraction of sp³-hybridized carbons (Fsp3) is 0.0909. The molecular formula is C44H31BN2OS. The Hall–Kier alpha value is -5.39. The SMILES string of the molecule is Cc1ccccc1N1B2c3cccc4c3N(c3ccccc3S4)c3c2c(cc2ccccc32)-c2cc3c(cc21)Oc1ccccc1C3(C)C. The number of hydrogen-bond donors (Lipinski definition) is 0. The average molecular weight is 647 g/mol. The number of fused-ring (bicyclic) bond motifs is 10. The molecule has 4 aliphatic heterocycles. The van der Waals surface area contributed by atoms with E-state index >= 15 is 0 Å². The van der Waals surface area contributed by atoms with Crippen molar-refractivity contribution in [3.63, 3.8) is 0 Å². The van der Waals surface area contributed by atoms with Gasteiger partial charge < -0.3 is 14.4 Å². The van der Waals surface area contributed by atoms with Crippen LogP contribution in [0.3, 0.4) is 0 Å². The molecule has 232 valence electrons. The van der Waals surface area contributed by atoms with Crippen LogP contribution in [0, 0.1) is 6.92 Å². The molecule has 3 nitrogen and oxygen atoms in total. The van der Waals surface area contributed by atoms with Crippen molar-refractivity contribution < 1.29 is 4.74 Å². The summed E-state index contributed by atoms with van der Waals surface area (Å²) in [5.74, 6) is 1.87. The first-order valence-corrected chi connectivity index (χ1v) is 17.9. The molecule has 4 heterocycles. The lowest BCUT2D eigenvalue weighted by molar-refractivity contribution is 0.418. The molecule has 0 saturated heterocycles. The van der Waals surface area contributed by atoms with Gasteiger partial charge in [0.15, 0.2) is 0 Å². The summed E-state index contributed by atoms with van der Waals surface area (Å²) in [5.41, 5.74) is 14.9. The molecule has 49 heavy (non-hydrogen) atoms. The Morgan fingerprint density at radius 1 is 0.612 bits per heavy atom. The van der Waals surface area contributed by atoms with Gasteiger partial charge in [0.25, 0.3) is 0 Å². The van der Waals surface area contributed by atoms with Gasteiger partial charge in [0.05, 0.1) is 17.1 Å². The molecule has 0 amide bonds. The van der Waals surface area contributed by atoms with Gasteiger partial charge in [0, 0.05) is 54.7 Å². The lowest BCUT2D eigenvalue weighted by Gasteiger charge is -2.48. The molecule has 0 spiro atoms. The van der Waals surface area contributed by atoms with Crippen molar-refractivity contribution in [1.29, 1.82) is 0 Å². The van der Waals surface area contributed by atoms with Crippen LogP contribution in [0.15, 0.2) is 143 Å². The van der Waals surface area contributed by atoms with Crippen LogP contribution in [0.1, 0.15) is 30.5 Å². The van der Waals surface area contributed by atoms with Crippen molar-refractivity contribution in [1.82, 2.24) is 0 Å². The van der Waals surface area contributed by atoms with Gasteiger partial charge in [0.1, 0.15) is 11.5 Å². The molecule has 0 unspecified atom stereocenters. The van der Waals surface area contributed by atoms with Gasteiger partial charge >= 0.3 is 6.85 Å². The van der Waals surface area contributed by atoms with E-state index in [9.17, 15) is 0 Å². The Morgan fingerprint density at radius 2 is 1.37 bits per heavy atom. The standard InChI is InChI=1S/C44H31BN2OS/c1-26-13-4-8-18-34(26)47-36-25-38-32(44(2,3)31-16-7-10-20-37(31)48-38)24-29(36)30-23-27-14-5-6-15-28(27)42-41(30)45(47)33-17-12-22-40-43(33)46(42)35-19-9-11-21-39(35)49-40/h4-25H,1-3H3. The Balaban J connectivity index is 1.31. The minimum Gasteiger partial charge on any atom is -0.457 e. The molecule has 7 aromatic rings. The van der Waals surface area contributed by atoms with Crippen molar-refractivity contribution in [2.45, 2.75) is 36.0 Å². The third kappa shape index (κ3) is 3.56. The molecule has 0 aromatic heterocycles. The number of hydrogen-bond acceptors (Lipinski definition) is 4. The van der Waals surface area contributed by atoms with E-state index in [0.29, 0.717) is 0 Å². The second kappa shape index (κ2) is 9.61.